The first-order valence-corrected chi connectivity index (χ1v) is 10.1. The van der Waals surface area contributed by atoms with Crippen molar-refractivity contribution in [2.24, 2.45) is 5.41 Å². The summed E-state index contributed by atoms with van der Waals surface area (Å²) >= 11 is 0. The molecule has 2 aromatic carbocycles. The number of benzene rings is 2. The number of piperidine rings is 1. The number of carbonyl (C=O) groups is 1. The van der Waals surface area contributed by atoms with E-state index in [-0.39, 0.29) is 11.3 Å². The summed E-state index contributed by atoms with van der Waals surface area (Å²) in [5, 5.41) is 6.46. The van der Waals surface area contributed by atoms with Crippen molar-refractivity contribution < 1.29 is 19.0 Å². The van der Waals surface area contributed by atoms with Gasteiger partial charge in [0.1, 0.15) is 24.7 Å². The lowest BCUT2D eigenvalue weighted by Gasteiger charge is -2.37. The normalized spacial score (nSPS) is 15.5. The molecule has 1 amide bonds. The van der Waals surface area contributed by atoms with Gasteiger partial charge in [-0.25, -0.2) is 0 Å². The van der Waals surface area contributed by atoms with Gasteiger partial charge in [0.2, 0.25) is 0 Å². The van der Waals surface area contributed by atoms with Crippen LogP contribution in [0.3, 0.4) is 0 Å². The van der Waals surface area contributed by atoms with Crippen LogP contribution >= 0.6 is 0 Å². The van der Waals surface area contributed by atoms with E-state index in [0.29, 0.717) is 37.7 Å². The van der Waals surface area contributed by atoms with Crippen LogP contribution in [0.15, 0.2) is 54.6 Å². The zero-order chi connectivity index (χ0) is 20.4. The van der Waals surface area contributed by atoms with Gasteiger partial charge in [0.15, 0.2) is 0 Å². The SMILES string of the molecule is COCC1(CNC(=O)c2ccccc2OCCOc2ccccc2)CCNCC1. The van der Waals surface area contributed by atoms with E-state index < -0.39 is 0 Å². The smallest absolute Gasteiger partial charge is 0.255 e. The minimum Gasteiger partial charge on any atom is -0.490 e. The minimum absolute atomic E-state index is 0.0189. The maximum absolute atomic E-state index is 12.8. The van der Waals surface area contributed by atoms with Gasteiger partial charge in [0.25, 0.3) is 5.91 Å². The molecule has 6 nitrogen and oxygen atoms in total. The molecule has 0 aromatic heterocycles. The number of carbonyl (C=O) groups excluding carboxylic acids is 1. The minimum atomic E-state index is -0.126. The second kappa shape index (κ2) is 10.8. The molecule has 29 heavy (non-hydrogen) atoms. The summed E-state index contributed by atoms with van der Waals surface area (Å²) in [6, 6.07) is 16.9. The fraction of sp³-hybridized carbons (Fsp3) is 0.435. The van der Waals surface area contributed by atoms with E-state index in [1.165, 1.54) is 0 Å². The predicted molar refractivity (Wildman–Crippen MR) is 113 cm³/mol. The standard InChI is InChI=1S/C23H30N2O4/c1-27-18-23(11-13-24-14-12-23)17-25-22(26)20-9-5-6-10-21(20)29-16-15-28-19-7-3-2-4-8-19/h2-10,24H,11-18H2,1H3,(H,25,26). The Morgan fingerprint density at radius 2 is 1.69 bits per heavy atom. The van der Waals surface area contributed by atoms with Gasteiger partial charge in [-0.1, -0.05) is 30.3 Å². The van der Waals surface area contributed by atoms with Crippen LogP contribution in [0, 0.1) is 5.41 Å². The molecule has 1 fully saturated rings. The molecule has 0 aliphatic carbocycles. The van der Waals surface area contributed by atoms with Crippen molar-refractivity contribution in [2.45, 2.75) is 12.8 Å². The maximum Gasteiger partial charge on any atom is 0.255 e. The summed E-state index contributed by atoms with van der Waals surface area (Å²) in [5.41, 5.74) is 0.517. The average molecular weight is 399 g/mol. The van der Waals surface area contributed by atoms with Crippen LogP contribution in [0.5, 0.6) is 11.5 Å². The number of para-hydroxylation sites is 2. The largest absolute Gasteiger partial charge is 0.490 e. The Hall–Kier alpha value is -2.57. The van der Waals surface area contributed by atoms with Crippen LogP contribution in [0.1, 0.15) is 23.2 Å². The number of rotatable bonds is 10. The van der Waals surface area contributed by atoms with Crippen molar-refractivity contribution in [1.82, 2.24) is 10.6 Å². The Balaban J connectivity index is 1.53. The predicted octanol–water partition coefficient (Wildman–Crippen LogP) is 2.89. The highest BCUT2D eigenvalue weighted by Gasteiger charge is 2.32. The molecule has 2 N–H and O–H groups in total. The zero-order valence-corrected chi connectivity index (χ0v) is 17.0. The molecule has 3 rings (SSSR count). The van der Waals surface area contributed by atoms with Crippen molar-refractivity contribution in [2.75, 3.05) is 46.6 Å². The highest BCUT2D eigenvalue weighted by Crippen LogP contribution is 2.28. The third-order valence-corrected chi connectivity index (χ3v) is 5.22. The van der Waals surface area contributed by atoms with Gasteiger partial charge in [-0.2, -0.15) is 0 Å². The summed E-state index contributed by atoms with van der Waals surface area (Å²) < 4.78 is 16.9. The van der Waals surface area contributed by atoms with E-state index in [0.717, 1.165) is 31.7 Å². The number of ether oxygens (including phenoxy) is 3. The lowest BCUT2D eigenvalue weighted by atomic mass is 9.79. The van der Waals surface area contributed by atoms with Crippen molar-refractivity contribution in [1.29, 1.82) is 0 Å². The highest BCUT2D eigenvalue weighted by atomic mass is 16.5. The number of hydrogen-bond donors (Lipinski definition) is 2. The fourth-order valence-corrected chi connectivity index (χ4v) is 3.61. The van der Waals surface area contributed by atoms with Crippen molar-refractivity contribution >= 4 is 5.91 Å². The molecule has 0 saturated carbocycles. The molecule has 0 bridgehead atoms. The summed E-state index contributed by atoms with van der Waals surface area (Å²) in [4.78, 5) is 12.8. The van der Waals surface area contributed by atoms with Crippen molar-refractivity contribution in [3.05, 3.63) is 60.2 Å². The van der Waals surface area contributed by atoms with Crippen LogP contribution in [-0.4, -0.2) is 52.5 Å². The molecule has 1 aliphatic rings. The molecular formula is C23H30N2O4. The maximum atomic E-state index is 12.8. The Labute approximate surface area is 172 Å². The van der Waals surface area contributed by atoms with Gasteiger partial charge in [0, 0.05) is 19.1 Å². The molecule has 0 radical (unpaired) electrons. The number of methoxy groups -OCH3 is 1. The van der Waals surface area contributed by atoms with E-state index in [4.69, 9.17) is 14.2 Å². The summed E-state index contributed by atoms with van der Waals surface area (Å²) in [5.74, 6) is 1.24. The van der Waals surface area contributed by atoms with E-state index in [1.54, 1.807) is 13.2 Å². The molecular weight excluding hydrogens is 368 g/mol. The second-order valence-electron chi connectivity index (χ2n) is 7.37. The third-order valence-electron chi connectivity index (χ3n) is 5.22. The molecule has 1 aliphatic heterocycles. The summed E-state index contributed by atoms with van der Waals surface area (Å²) in [6.45, 7) is 3.89. The molecule has 1 heterocycles. The lowest BCUT2D eigenvalue weighted by Crippen LogP contribution is -2.47. The van der Waals surface area contributed by atoms with E-state index in [1.807, 2.05) is 48.5 Å². The molecule has 0 spiro atoms. The first-order chi connectivity index (χ1) is 14.2. The number of amides is 1. The number of nitrogens with one attached hydrogen (secondary N) is 2. The molecule has 156 valence electrons. The molecule has 6 heteroatoms. The fourth-order valence-electron chi connectivity index (χ4n) is 3.61. The van der Waals surface area contributed by atoms with Gasteiger partial charge < -0.3 is 24.8 Å². The van der Waals surface area contributed by atoms with E-state index in [9.17, 15) is 4.79 Å². The van der Waals surface area contributed by atoms with Crippen LogP contribution in [0.25, 0.3) is 0 Å². The lowest BCUT2D eigenvalue weighted by molar-refractivity contribution is 0.0511. The van der Waals surface area contributed by atoms with Gasteiger partial charge in [-0.05, 0) is 50.2 Å². The van der Waals surface area contributed by atoms with Gasteiger partial charge in [-0.3, -0.25) is 4.79 Å². The van der Waals surface area contributed by atoms with Crippen molar-refractivity contribution in [3.8, 4) is 11.5 Å². The quantitative estimate of drug-likeness (QED) is 0.603. The summed E-state index contributed by atoms with van der Waals surface area (Å²) in [7, 11) is 1.71. The van der Waals surface area contributed by atoms with E-state index >= 15 is 0 Å². The Kier molecular flexibility index (Phi) is 7.90. The van der Waals surface area contributed by atoms with Gasteiger partial charge >= 0.3 is 0 Å². The summed E-state index contributed by atoms with van der Waals surface area (Å²) in [6.07, 6.45) is 1.96. The Morgan fingerprint density at radius 1 is 1.00 bits per heavy atom. The van der Waals surface area contributed by atoms with Crippen LogP contribution < -0.4 is 20.1 Å². The first kappa shape index (κ1) is 21.1. The van der Waals surface area contributed by atoms with Crippen molar-refractivity contribution in [3.63, 3.8) is 0 Å². The zero-order valence-electron chi connectivity index (χ0n) is 17.0. The monoisotopic (exact) mass is 398 g/mol. The molecule has 0 unspecified atom stereocenters. The van der Waals surface area contributed by atoms with E-state index in [2.05, 4.69) is 10.6 Å². The average Bonchev–Trinajstić information content (AvgIpc) is 2.77. The second-order valence-corrected chi connectivity index (χ2v) is 7.37. The van der Waals surface area contributed by atoms with Crippen LogP contribution in [0.4, 0.5) is 0 Å². The third kappa shape index (κ3) is 6.21. The van der Waals surface area contributed by atoms with Crippen LogP contribution in [-0.2, 0) is 4.74 Å². The molecule has 0 atom stereocenters. The molecule has 1 saturated heterocycles. The Bertz CT molecular complexity index is 755. The highest BCUT2D eigenvalue weighted by molar-refractivity contribution is 5.96. The van der Waals surface area contributed by atoms with Gasteiger partial charge in [0.05, 0.1) is 12.2 Å². The van der Waals surface area contributed by atoms with Crippen LogP contribution in [0.2, 0.25) is 0 Å². The number of hydrogen-bond acceptors (Lipinski definition) is 5. The first-order valence-electron chi connectivity index (χ1n) is 10.1. The Morgan fingerprint density at radius 3 is 2.45 bits per heavy atom. The van der Waals surface area contributed by atoms with Gasteiger partial charge in [-0.15, -0.1) is 0 Å². The molecule has 2 aromatic rings. The topological polar surface area (TPSA) is 68.8 Å².